The fourth-order valence-corrected chi connectivity index (χ4v) is 13.5. The first kappa shape index (κ1) is 61.3. The minimum absolute atomic E-state index is 0. The Bertz CT molecular complexity index is 2970. The zero-order valence-corrected chi connectivity index (χ0v) is 57.3. The number of hydrogen-bond acceptors (Lipinski definition) is 5. The van der Waals surface area contributed by atoms with Crippen LogP contribution >= 0.6 is 193 Å². The van der Waals surface area contributed by atoms with Crippen LogP contribution in [0, 0.1) is 23.4 Å². The Morgan fingerprint density at radius 3 is 1.51 bits per heavy atom. The first-order chi connectivity index (χ1) is 29.3. The SMILES string of the molecule is BrBr.C#C[Si](C)(C)C.C[Si](C)(C)C#Cc1sc2cc(Cl)ccc2c1Br.Clc1ccc2c(Br)c(Br)sc2c1.Clc1ccc2c(c1)sc1ccsc12.Clc1ccc2ccsc2c1.S.[Na][Na]. The van der Waals surface area contributed by atoms with Crippen molar-refractivity contribution >= 4 is 302 Å². The van der Waals surface area contributed by atoms with Gasteiger partial charge in [0.05, 0.1) is 22.3 Å². The van der Waals surface area contributed by atoms with Gasteiger partial charge in [-0.25, -0.2) is 0 Å². The van der Waals surface area contributed by atoms with E-state index in [9.17, 15) is 0 Å². The van der Waals surface area contributed by atoms with Crippen LogP contribution in [0.2, 0.25) is 59.4 Å². The third-order valence-electron chi connectivity index (χ3n) is 7.58. The van der Waals surface area contributed by atoms with Crippen molar-refractivity contribution in [3.8, 4) is 23.4 Å². The first-order valence-electron chi connectivity index (χ1n) is 18.6. The molecule has 0 bridgehead atoms. The van der Waals surface area contributed by atoms with Crippen molar-refractivity contribution in [1.29, 1.82) is 0 Å². The van der Waals surface area contributed by atoms with Gasteiger partial charge in [-0.2, -0.15) is 13.5 Å². The summed E-state index contributed by atoms with van der Waals surface area (Å²) in [5.41, 5.74) is 6.13. The van der Waals surface area contributed by atoms with Crippen molar-refractivity contribution < 1.29 is 0 Å². The second kappa shape index (κ2) is 30.1. The molecule has 0 saturated carbocycles. The van der Waals surface area contributed by atoms with Gasteiger partial charge >= 0.3 is 43.6 Å². The molecule has 0 aliphatic carbocycles. The molecule has 9 aromatic rings. The molecule has 0 nitrogen and oxygen atoms in total. The maximum atomic E-state index is 5.99. The van der Waals surface area contributed by atoms with E-state index in [1.165, 1.54) is 93.4 Å². The average molecular weight is 1400 g/mol. The van der Waals surface area contributed by atoms with Gasteiger partial charge in [-0.3, -0.25) is 0 Å². The van der Waals surface area contributed by atoms with Gasteiger partial charge in [-0.1, -0.05) is 116 Å². The predicted octanol–water partition coefficient (Wildman–Crippen LogP) is 21.5. The van der Waals surface area contributed by atoms with Crippen molar-refractivity contribution in [1.82, 2.24) is 0 Å². The molecule has 19 heteroatoms. The number of benzene rings is 4. The summed E-state index contributed by atoms with van der Waals surface area (Å²) >= 11 is 51.2. The minimum atomic E-state index is -1.32. The van der Waals surface area contributed by atoms with E-state index >= 15 is 0 Å². The van der Waals surface area contributed by atoms with E-state index in [0.29, 0.717) is 0 Å². The number of fused-ring (bicyclic) bond motifs is 6. The summed E-state index contributed by atoms with van der Waals surface area (Å²) in [7, 11) is -2.43. The Labute approximate surface area is 489 Å². The Morgan fingerprint density at radius 2 is 0.984 bits per heavy atom. The molecule has 63 heavy (non-hydrogen) atoms. The molecular formula is C44H37Br5Cl4Na2S6Si2. The summed E-state index contributed by atoms with van der Waals surface area (Å²) in [6.07, 6.45) is 5.12. The van der Waals surface area contributed by atoms with Gasteiger partial charge in [0.15, 0.2) is 0 Å². The predicted molar refractivity (Wildman–Crippen MR) is 328 cm³/mol. The molecule has 0 saturated heterocycles. The van der Waals surface area contributed by atoms with Crippen molar-refractivity contribution in [2.24, 2.45) is 0 Å². The van der Waals surface area contributed by atoms with Gasteiger partial charge in [0.25, 0.3) is 0 Å². The fraction of sp³-hybridized carbons (Fsp3) is 0.136. The molecule has 0 aliphatic heterocycles. The van der Waals surface area contributed by atoms with Crippen molar-refractivity contribution in [2.75, 3.05) is 0 Å². The van der Waals surface area contributed by atoms with Gasteiger partial charge in [-0.15, -0.1) is 74.2 Å². The Kier molecular flexibility index (Phi) is 29.3. The van der Waals surface area contributed by atoms with Crippen LogP contribution in [-0.4, -0.2) is 59.8 Å². The normalized spacial score (nSPS) is 10.4. The van der Waals surface area contributed by atoms with Crippen molar-refractivity contribution in [3.05, 3.63) is 133 Å². The number of thiophene rings is 5. The summed E-state index contributed by atoms with van der Waals surface area (Å²) < 4.78 is 11.0. The van der Waals surface area contributed by atoms with Crippen LogP contribution in [0.3, 0.4) is 0 Å². The zero-order chi connectivity index (χ0) is 46.4. The van der Waals surface area contributed by atoms with Crippen LogP contribution in [0.1, 0.15) is 4.88 Å². The fourth-order valence-electron chi connectivity index (χ4n) is 4.76. The Morgan fingerprint density at radius 1 is 0.540 bits per heavy atom. The maximum absolute atomic E-state index is 5.99. The molecule has 5 aromatic heterocycles. The van der Waals surface area contributed by atoms with E-state index < -0.39 is 16.1 Å². The van der Waals surface area contributed by atoms with Gasteiger partial charge in [-0.05, 0) is 125 Å². The molecule has 322 valence electrons. The van der Waals surface area contributed by atoms with Gasteiger partial charge < -0.3 is 0 Å². The third-order valence-corrected chi connectivity index (χ3v) is 18.9. The molecule has 0 aliphatic rings. The van der Waals surface area contributed by atoms with E-state index in [0.717, 1.165) is 37.7 Å². The van der Waals surface area contributed by atoms with Gasteiger partial charge in [0, 0.05) is 88.0 Å². The van der Waals surface area contributed by atoms with Crippen LogP contribution in [0.5, 0.6) is 0 Å². The quantitative estimate of drug-likeness (QED) is 0.105. The molecule has 0 radical (unpaired) electrons. The van der Waals surface area contributed by atoms with E-state index in [-0.39, 0.29) is 13.5 Å². The molecule has 5 heterocycles. The second-order valence-corrected chi connectivity index (χ2v) is 33.8. The monoisotopic (exact) mass is 1390 g/mol. The van der Waals surface area contributed by atoms with Crippen molar-refractivity contribution in [3.63, 3.8) is 0 Å². The Balaban J connectivity index is 0.000000272. The Hall–Kier alpha value is 2.14. The van der Waals surface area contributed by atoms with Crippen LogP contribution < -0.4 is 0 Å². The average Bonchev–Trinajstić information content (AvgIpc) is 4.06. The summed E-state index contributed by atoms with van der Waals surface area (Å²) in [5.74, 6) is 3.30. The van der Waals surface area contributed by atoms with E-state index in [4.69, 9.17) is 52.8 Å². The topological polar surface area (TPSA) is 0 Å². The molecule has 0 unspecified atom stereocenters. The van der Waals surface area contributed by atoms with E-state index in [2.05, 4.69) is 161 Å². The molecule has 9 rings (SSSR count). The third kappa shape index (κ3) is 20.1. The van der Waals surface area contributed by atoms with Crippen LogP contribution in [0.25, 0.3) is 49.7 Å². The zero-order valence-electron chi connectivity index (χ0n) is 35.3. The number of hydrogen-bond donors (Lipinski definition) is 0. The van der Waals surface area contributed by atoms with Gasteiger partial charge in [0.2, 0.25) is 0 Å². The summed E-state index contributed by atoms with van der Waals surface area (Å²) in [6.45, 7) is 13.2. The van der Waals surface area contributed by atoms with Crippen LogP contribution in [-0.2, 0) is 0 Å². The molecule has 0 amide bonds. The molecular weight excluding hydrogens is 1360 g/mol. The standard InChI is InChI=1S/C13H12BrClSSi.C10H5ClS2.C8H3Br2ClS.C8H5ClS.C5H10Si.Br2.2Na.H2S/c1-17(2,3)7-6-11-13(14)10-5-4-9(15)8-12(10)16-11;11-6-1-2-7-9(5-6)13-8-3-4-12-10(7)8;9-7-5-2-1-4(11)3-6(5)12-8(7)10;9-7-2-1-6-3-4-10-8(6)5-7;1-5-6(2,3)4;1-2;;;/h4-5,8H,1-3H3;1-5H;1-3H;1-5H;1H,2-4H3;;;;1H2. The molecule has 0 spiro atoms. The summed E-state index contributed by atoms with van der Waals surface area (Å²) in [6, 6.07) is 28.1. The second-order valence-electron chi connectivity index (χ2n) is 14.6. The van der Waals surface area contributed by atoms with E-state index in [1.807, 2.05) is 78.1 Å². The molecule has 4 aromatic carbocycles. The summed E-state index contributed by atoms with van der Waals surface area (Å²) in [5, 5.41) is 12.4. The van der Waals surface area contributed by atoms with Crippen LogP contribution in [0.4, 0.5) is 0 Å². The summed E-state index contributed by atoms with van der Waals surface area (Å²) in [4.78, 5) is 1.10. The van der Waals surface area contributed by atoms with Gasteiger partial charge in [0.1, 0.15) is 16.1 Å². The molecule has 0 N–H and O–H groups in total. The van der Waals surface area contributed by atoms with Crippen molar-refractivity contribution in [2.45, 2.75) is 39.3 Å². The molecule has 0 atom stereocenters. The number of terminal acetylenes is 1. The number of rotatable bonds is 0. The number of halogens is 9. The molecule has 0 fully saturated rings. The van der Waals surface area contributed by atoms with Crippen LogP contribution in [0.15, 0.2) is 108 Å². The van der Waals surface area contributed by atoms with E-state index in [1.54, 1.807) is 45.3 Å². The first-order valence-corrected chi connectivity index (χ1v) is 45.4.